The van der Waals surface area contributed by atoms with E-state index in [4.69, 9.17) is 4.74 Å². The van der Waals surface area contributed by atoms with Gasteiger partial charge in [0.2, 0.25) is 0 Å². The van der Waals surface area contributed by atoms with E-state index in [0.717, 1.165) is 17.7 Å². The molecule has 10 heteroatoms. The lowest BCUT2D eigenvalue weighted by atomic mass is 10.1. The highest BCUT2D eigenvalue weighted by Gasteiger charge is 2.32. The van der Waals surface area contributed by atoms with Crippen LogP contribution in [-0.4, -0.2) is 57.9 Å². The monoisotopic (exact) mass is 438 g/mol. The van der Waals surface area contributed by atoms with Crippen molar-refractivity contribution < 1.29 is 27.7 Å². The number of halogens is 3. The van der Waals surface area contributed by atoms with Crippen LogP contribution < -0.4 is 20.5 Å². The number of hydrogen-bond acceptors (Lipinski definition) is 4. The summed E-state index contributed by atoms with van der Waals surface area (Å²) in [5, 5.41) is 5.38. The average Bonchev–Trinajstić information content (AvgIpc) is 2.74. The number of carbonyl (C=O) groups excluding carboxylic acids is 1. The highest BCUT2D eigenvalue weighted by Crippen LogP contribution is 2.35. The number of morpholine rings is 1. The number of aromatic amines is 1. The fourth-order valence-corrected chi connectivity index (χ4v) is 3.47. The molecule has 1 fully saturated rings. The highest BCUT2D eigenvalue weighted by molar-refractivity contribution is 5.93. The number of nitrogens with zero attached hydrogens (tertiary/aromatic N) is 2. The molecule has 2 aromatic rings. The number of H-pyrrole nitrogens is 1. The van der Waals surface area contributed by atoms with E-state index in [9.17, 15) is 18.0 Å². The van der Waals surface area contributed by atoms with E-state index in [1.54, 1.807) is 12.4 Å². The Morgan fingerprint density at radius 1 is 1.19 bits per heavy atom. The molecular formula is C21H27F3N5O2+. The lowest BCUT2D eigenvalue weighted by molar-refractivity contribution is -0.378. The second-order valence-electron chi connectivity index (χ2n) is 7.48. The summed E-state index contributed by atoms with van der Waals surface area (Å²) >= 11 is 0. The molecule has 7 nitrogen and oxygen atoms in total. The van der Waals surface area contributed by atoms with Gasteiger partial charge in [0, 0.05) is 31.8 Å². The fraction of sp³-hybridized carbons (Fsp3) is 0.429. The molecule has 0 spiro atoms. The van der Waals surface area contributed by atoms with Crippen molar-refractivity contribution in [3.8, 4) is 0 Å². The molecule has 1 unspecified atom stereocenters. The number of anilines is 2. The minimum absolute atomic E-state index is 0.0967. The van der Waals surface area contributed by atoms with Crippen LogP contribution in [0.5, 0.6) is 0 Å². The molecule has 2 heterocycles. The third kappa shape index (κ3) is 6.08. The van der Waals surface area contributed by atoms with Gasteiger partial charge in [-0.1, -0.05) is 0 Å². The normalized spacial score (nSPS) is 15.6. The quantitative estimate of drug-likeness (QED) is 0.728. The largest absolute Gasteiger partial charge is 0.416 e. The number of alkyl halides is 3. The van der Waals surface area contributed by atoms with Crippen LogP contribution in [-0.2, 0) is 10.9 Å². The second kappa shape index (κ2) is 9.97. The van der Waals surface area contributed by atoms with Crippen molar-refractivity contribution >= 4 is 17.4 Å². The van der Waals surface area contributed by atoms with Crippen LogP contribution in [0, 0.1) is 0 Å². The predicted octanol–water partition coefficient (Wildman–Crippen LogP) is 2.78. The molecule has 1 aromatic heterocycles. The number of ether oxygens (including phenoxy) is 1. The first-order chi connectivity index (χ1) is 14.8. The summed E-state index contributed by atoms with van der Waals surface area (Å²) < 4.78 is 45.0. The van der Waals surface area contributed by atoms with E-state index in [-0.39, 0.29) is 18.3 Å². The van der Waals surface area contributed by atoms with Crippen molar-refractivity contribution in [3.05, 3.63) is 53.9 Å². The van der Waals surface area contributed by atoms with Crippen LogP contribution in [0.1, 0.15) is 17.2 Å². The minimum atomic E-state index is -4.50. The maximum absolute atomic E-state index is 13.2. The average molecular weight is 438 g/mol. The van der Waals surface area contributed by atoms with E-state index in [1.807, 2.05) is 36.0 Å². The minimum Gasteiger partial charge on any atom is -0.378 e. The molecule has 2 amide bonds. The van der Waals surface area contributed by atoms with Gasteiger partial charge in [0.15, 0.2) is 12.4 Å². The molecular weight excluding hydrogens is 411 g/mol. The topological polar surface area (TPSA) is 71.0 Å². The molecule has 1 atom stereocenters. The van der Waals surface area contributed by atoms with Gasteiger partial charge in [-0.25, -0.2) is 9.78 Å². The zero-order chi connectivity index (χ0) is 22.4. The Kier molecular flexibility index (Phi) is 7.34. The van der Waals surface area contributed by atoms with E-state index in [0.29, 0.717) is 32.0 Å². The van der Waals surface area contributed by atoms with Crippen LogP contribution in [0.3, 0.4) is 0 Å². The Balaban J connectivity index is 1.75. The van der Waals surface area contributed by atoms with Gasteiger partial charge in [-0.2, -0.15) is 13.2 Å². The van der Waals surface area contributed by atoms with E-state index >= 15 is 0 Å². The van der Waals surface area contributed by atoms with Gasteiger partial charge in [0.05, 0.1) is 36.2 Å². The van der Waals surface area contributed by atoms with Crippen LogP contribution >= 0.6 is 0 Å². The molecule has 0 radical (unpaired) electrons. The third-order valence-electron chi connectivity index (χ3n) is 5.13. The van der Waals surface area contributed by atoms with Crippen molar-refractivity contribution in [2.24, 2.45) is 0 Å². The predicted molar refractivity (Wildman–Crippen MR) is 111 cm³/mol. The summed E-state index contributed by atoms with van der Waals surface area (Å²) in [7, 11) is 3.79. The molecule has 3 rings (SSSR count). The molecule has 0 bridgehead atoms. The van der Waals surface area contributed by atoms with Gasteiger partial charge >= 0.3 is 12.2 Å². The van der Waals surface area contributed by atoms with Crippen molar-refractivity contribution in [2.75, 3.05) is 57.2 Å². The van der Waals surface area contributed by atoms with E-state index < -0.39 is 17.8 Å². The summed E-state index contributed by atoms with van der Waals surface area (Å²) in [5.74, 6) is 0. The number of nitrogens with one attached hydrogen (secondary N) is 3. The molecule has 1 saturated heterocycles. The van der Waals surface area contributed by atoms with Crippen LogP contribution in [0.25, 0.3) is 0 Å². The van der Waals surface area contributed by atoms with Gasteiger partial charge in [-0.3, -0.25) is 0 Å². The third-order valence-corrected chi connectivity index (χ3v) is 5.13. The second-order valence-corrected chi connectivity index (χ2v) is 7.48. The number of benzene rings is 1. The summed E-state index contributed by atoms with van der Waals surface area (Å²) in [6.45, 7) is 2.32. The first-order valence-corrected chi connectivity index (χ1v) is 9.97. The highest BCUT2D eigenvalue weighted by atomic mass is 19.4. The van der Waals surface area contributed by atoms with Crippen LogP contribution in [0.4, 0.5) is 29.3 Å². The first kappa shape index (κ1) is 22.8. The lowest BCUT2D eigenvalue weighted by Crippen LogP contribution is -2.39. The standard InChI is InChI=1S/C21H26F3N5O2/c1-28(2)19(15-5-7-25-8-6-15)14-26-20(30)27-17-13-16(21(22,23)24)3-4-18(17)29-9-11-31-12-10-29/h3-8,13,19H,9-12,14H2,1-2H3,(H2,26,27,30)/p+1. The first-order valence-electron chi connectivity index (χ1n) is 9.97. The number of carbonyl (C=O) groups is 1. The zero-order valence-corrected chi connectivity index (χ0v) is 17.5. The van der Waals surface area contributed by atoms with E-state index in [1.165, 1.54) is 6.07 Å². The molecule has 3 N–H and O–H groups in total. The Labute approximate surface area is 179 Å². The number of amides is 2. The number of urea groups is 1. The van der Waals surface area contributed by atoms with Gasteiger partial charge in [0.1, 0.15) is 0 Å². The van der Waals surface area contributed by atoms with Crippen molar-refractivity contribution in [3.63, 3.8) is 0 Å². The number of hydrogen-bond donors (Lipinski definition) is 2. The molecule has 1 aromatic carbocycles. The van der Waals surface area contributed by atoms with Gasteiger partial charge in [-0.15, -0.1) is 0 Å². The van der Waals surface area contributed by atoms with E-state index in [2.05, 4.69) is 15.6 Å². The maximum atomic E-state index is 13.2. The Bertz CT molecular complexity index is 871. The van der Waals surface area contributed by atoms with Crippen LogP contribution in [0.2, 0.25) is 0 Å². The fourth-order valence-electron chi connectivity index (χ4n) is 3.47. The molecule has 1 aliphatic heterocycles. The Morgan fingerprint density at radius 3 is 2.48 bits per heavy atom. The maximum Gasteiger partial charge on any atom is 0.416 e. The molecule has 0 saturated carbocycles. The number of pyridine rings is 1. The van der Waals surface area contributed by atoms with Gasteiger partial charge in [-0.05, 0) is 37.9 Å². The van der Waals surface area contributed by atoms with Gasteiger partial charge < -0.3 is 25.2 Å². The van der Waals surface area contributed by atoms with Crippen molar-refractivity contribution in [1.29, 1.82) is 0 Å². The zero-order valence-electron chi connectivity index (χ0n) is 17.5. The Hall–Kier alpha value is -2.85. The number of likely N-dealkylation sites (N-methyl/N-ethyl adjacent to an activating group) is 1. The summed E-state index contributed by atoms with van der Waals surface area (Å²) in [5.41, 5.74) is 0.836. The number of aromatic nitrogens is 1. The summed E-state index contributed by atoms with van der Waals surface area (Å²) in [4.78, 5) is 19.4. The van der Waals surface area contributed by atoms with Crippen molar-refractivity contribution in [1.82, 2.24) is 10.2 Å². The molecule has 0 aliphatic carbocycles. The molecule has 31 heavy (non-hydrogen) atoms. The lowest BCUT2D eigenvalue weighted by Gasteiger charge is -2.31. The summed E-state index contributed by atoms with van der Waals surface area (Å²) in [6, 6.07) is 6.56. The Morgan fingerprint density at radius 2 is 1.87 bits per heavy atom. The smallest absolute Gasteiger partial charge is 0.378 e. The summed E-state index contributed by atoms with van der Waals surface area (Å²) in [6.07, 6.45) is -0.914. The SMILES string of the molecule is CN(C)C(CNC(=O)Nc1cc(C(F)(F)F)ccc1N1CCOCC1)c1cc[nH+]cc1. The van der Waals surface area contributed by atoms with Crippen molar-refractivity contribution in [2.45, 2.75) is 12.2 Å². The molecule has 1 aliphatic rings. The van der Waals surface area contributed by atoms with Crippen LogP contribution in [0.15, 0.2) is 42.7 Å². The number of rotatable bonds is 6. The van der Waals surface area contributed by atoms with Gasteiger partial charge in [0.25, 0.3) is 0 Å². The molecule has 168 valence electrons.